The van der Waals surface area contributed by atoms with Crippen LogP contribution >= 0.6 is 27.5 Å². The van der Waals surface area contributed by atoms with Crippen molar-refractivity contribution in [3.8, 4) is 0 Å². The van der Waals surface area contributed by atoms with Crippen LogP contribution in [0.5, 0.6) is 0 Å². The van der Waals surface area contributed by atoms with Gasteiger partial charge in [0.05, 0.1) is 28.7 Å². The summed E-state index contributed by atoms with van der Waals surface area (Å²) in [4.78, 5) is 41.4. The fraction of sp³-hybridized carbons (Fsp3) is 0.190. The molecule has 0 aliphatic carbocycles. The second-order valence-corrected chi connectivity index (χ2v) is 8.09. The molecule has 0 unspecified atom stereocenters. The van der Waals surface area contributed by atoms with E-state index in [0.29, 0.717) is 52.6 Å². The normalized spacial score (nSPS) is 13.7. The smallest absolute Gasteiger partial charge is 0.274 e. The van der Waals surface area contributed by atoms with Crippen molar-refractivity contribution < 1.29 is 9.59 Å². The number of rotatable bonds is 4. The van der Waals surface area contributed by atoms with Crippen molar-refractivity contribution in [1.82, 2.24) is 19.9 Å². The van der Waals surface area contributed by atoms with E-state index in [4.69, 9.17) is 11.6 Å². The Hall–Kier alpha value is -3.04. The first kappa shape index (κ1) is 21.2. The van der Waals surface area contributed by atoms with Crippen molar-refractivity contribution in [1.29, 1.82) is 0 Å². The zero-order valence-corrected chi connectivity index (χ0v) is 18.7. The summed E-state index contributed by atoms with van der Waals surface area (Å²) in [5.41, 5.74) is 1.29. The predicted octanol–water partition coefficient (Wildman–Crippen LogP) is 3.50. The van der Waals surface area contributed by atoms with Gasteiger partial charge in [-0.3, -0.25) is 14.6 Å². The molecular formula is C21H18BrClN6O2. The lowest BCUT2D eigenvalue weighted by Gasteiger charge is -2.35. The second kappa shape index (κ2) is 9.40. The van der Waals surface area contributed by atoms with Crippen molar-refractivity contribution >= 4 is 50.9 Å². The highest BCUT2D eigenvalue weighted by Crippen LogP contribution is 2.26. The Bertz CT molecular complexity index is 1070. The summed E-state index contributed by atoms with van der Waals surface area (Å²) >= 11 is 9.49. The monoisotopic (exact) mass is 500 g/mol. The number of anilines is 2. The molecule has 1 aromatic carbocycles. The molecule has 4 rings (SSSR count). The van der Waals surface area contributed by atoms with E-state index in [1.165, 1.54) is 12.4 Å². The van der Waals surface area contributed by atoms with Crippen LogP contribution in [-0.4, -0.2) is 57.8 Å². The molecule has 1 aliphatic heterocycles. The Balaban J connectivity index is 1.36. The van der Waals surface area contributed by atoms with Crippen molar-refractivity contribution in [2.75, 3.05) is 36.4 Å². The van der Waals surface area contributed by atoms with Gasteiger partial charge in [0.1, 0.15) is 11.5 Å². The maximum Gasteiger partial charge on any atom is 0.274 e. The van der Waals surface area contributed by atoms with Gasteiger partial charge in [0.15, 0.2) is 0 Å². The first-order chi connectivity index (χ1) is 15.0. The molecule has 1 fully saturated rings. The minimum absolute atomic E-state index is 0.121. The number of hydrogen-bond donors (Lipinski definition) is 1. The van der Waals surface area contributed by atoms with Gasteiger partial charge in [-0.2, -0.15) is 0 Å². The Morgan fingerprint density at radius 3 is 2.45 bits per heavy atom. The summed E-state index contributed by atoms with van der Waals surface area (Å²) in [5.74, 6) is 0.344. The summed E-state index contributed by atoms with van der Waals surface area (Å²) in [5, 5.41) is 3.18. The van der Waals surface area contributed by atoms with Gasteiger partial charge in [-0.05, 0) is 40.2 Å². The highest BCUT2D eigenvalue weighted by atomic mass is 79.9. The molecule has 158 valence electrons. The number of nitrogens with zero attached hydrogens (tertiary/aromatic N) is 5. The number of pyridine rings is 1. The first-order valence-electron chi connectivity index (χ1n) is 9.54. The molecule has 1 aliphatic rings. The van der Waals surface area contributed by atoms with E-state index >= 15 is 0 Å². The summed E-state index contributed by atoms with van der Waals surface area (Å²) < 4.78 is 0.621. The van der Waals surface area contributed by atoms with Crippen LogP contribution in [-0.2, 0) is 0 Å². The van der Waals surface area contributed by atoms with Crippen molar-refractivity contribution in [3.05, 3.63) is 75.9 Å². The Kier molecular flexibility index (Phi) is 6.43. The number of piperazine rings is 1. The lowest BCUT2D eigenvalue weighted by Crippen LogP contribution is -2.49. The number of benzene rings is 1. The minimum Gasteiger partial charge on any atom is -0.353 e. The number of nitrogens with one attached hydrogen (secondary N) is 1. The molecular weight excluding hydrogens is 484 g/mol. The third kappa shape index (κ3) is 4.83. The lowest BCUT2D eigenvalue weighted by atomic mass is 10.2. The highest BCUT2D eigenvalue weighted by molar-refractivity contribution is 9.10. The summed E-state index contributed by atoms with van der Waals surface area (Å²) in [6.07, 6.45) is 6.14. The van der Waals surface area contributed by atoms with Crippen LogP contribution in [0, 0.1) is 0 Å². The average molecular weight is 502 g/mol. The standard InChI is InChI=1S/C21H18BrClN6O2/c22-15-2-1-3-16(23)19(15)20(30)27-14-4-5-18(26-12-14)28-8-10-29(11-9-28)21(31)17-13-24-6-7-25-17/h1-7,12-13H,8-11H2,(H,27,30). The van der Waals surface area contributed by atoms with Gasteiger partial charge in [0.25, 0.3) is 11.8 Å². The lowest BCUT2D eigenvalue weighted by molar-refractivity contribution is 0.0740. The van der Waals surface area contributed by atoms with E-state index in [1.807, 2.05) is 6.07 Å². The van der Waals surface area contributed by atoms with Crippen LogP contribution in [0.1, 0.15) is 20.8 Å². The van der Waals surface area contributed by atoms with Crippen LogP contribution in [0.25, 0.3) is 0 Å². The van der Waals surface area contributed by atoms with E-state index in [0.717, 1.165) is 5.82 Å². The van der Waals surface area contributed by atoms with Gasteiger partial charge >= 0.3 is 0 Å². The molecule has 1 saturated heterocycles. The number of aromatic nitrogens is 3. The number of amides is 2. The van der Waals surface area contributed by atoms with E-state index in [-0.39, 0.29) is 11.8 Å². The molecule has 0 saturated carbocycles. The molecule has 0 radical (unpaired) electrons. The number of carbonyl (C=O) groups excluding carboxylic acids is 2. The number of halogens is 2. The van der Waals surface area contributed by atoms with Crippen molar-refractivity contribution in [2.45, 2.75) is 0 Å². The Labute approximate surface area is 192 Å². The average Bonchev–Trinajstić information content (AvgIpc) is 2.80. The van der Waals surface area contributed by atoms with Gasteiger partial charge in [-0.15, -0.1) is 0 Å². The van der Waals surface area contributed by atoms with Crippen LogP contribution in [0.3, 0.4) is 0 Å². The van der Waals surface area contributed by atoms with E-state index in [1.54, 1.807) is 41.6 Å². The topological polar surface area (TPSA) is 91.3 Å². The van der Waals surface area contributed by atoms with Gasteiger partial charge in [-0.25, -0.2) is 9.97 Å². The minimum atomic E-state index is -0.317. The Morgan fingerprint density at radius 2 is 1.81 bits per heavy atom. The third-order valence-electron chi connectivity index (χ3n) is 4.87. The van der Waals surface area contributed by atoms with Crippen molar-refractivity contribution in [2.24, 2.45) is 0 Å². The summed E-state index contributed by atoms with van der Waals surface area (Å²) in [7, 11) is 0. The second-order valence-electron chi connectivity index (χ2n) is 6.83. The zero-order valence-electron chi connectivity index (χ0n) is 16.3. The largest absolute Gasteiger partial charge is 0.353 e. The molecule has 0 bridgehead atoms. The van der Waals surface area contributed by atoms with Crippen LogP contribution in [0.4, 0.5) is 11.5 Å². The van der Waals surface area contributed by atoms with Crippen LogP contribution in [0.2, 0.25) is 5.02 Å². The van der Waals surface area contributed by atoms with E-state index < -0.39 is 0 Å². The van der Waals surface area contributed by atoms with Gasteiger partial charge in [0.2, 0.25) is 0 Å². The number of hydrogen-bond acceptors (Lipinski definition) is 6. The predicted molar refractivity (Wildman–Crippen MR) is 121 cm³/mol. The molecule has 31 heavy (non-hydrogen) atoms. The summed E-state index contributed by atoms with van der Waals surface area (Å²) in [6, 6.07) is 8.83. The third-order valence-corrected chi connectivity index (χ3v) is 5.84. The van der Waals surface area contributed by atoms with E-state index in [2.05, 4.69) is 41.1 Å². The fourth-order valence-electron chi connectivity index (χ4n) is 3.27. The van der Waals surface area contributed by atoms with Gasteiger partial charge < -0.3 is 15.1 Å². The molecule has 3 heterocycles. The zero-order chi connectivity index (χ0) is 21.8. The van der Waals surface area contributed by atoms with Gasteiger partial charge in [-0.1, -0.05) is 17.7 Å². The molecule has 2 aromatic heterocycles. The highest BCUT2D eigenvalue weighted by Gasteiger charge is 2.23. The van der Waals surface area contributed by atoms with Crippen LogP contribution < -0.4 is 10.2 Å². The molecule has 2 amide bonds. The van der Waals surface area contributed by atoms with Gasteiger partial charge in [0, 0.05) is 43.0 Å². The molecule has 3 aromatic rings. The SMILES string of the molecule is O=C(Nc1ccc(N2CCN(C(=O)c3cnccn3)CC2)nc1)c1c(Cl)cccc1Br. The fourth-order valence-corrected chi connectivity index (χ4v) is 4.19. The molecule has 8 nitrogen and oxygen atoms in total. The first-order valence-corrected chi connectivity index (χ1v) is 10.7. The molecule has 0 atom stereocenters. The maximum absolute atomic E-state index is 12.5. The van der Waals surface area contributed by atoms with Crippen LogP contribution in [0.15, 0.2) is 59.6 Å². The quantitative estimate of drug-likeness (QED) is 0.588. The Morgan fingerprint density at radius 1 is 1.00 bits per heavy atom. The number of carbonyl (C=O) groups is 2. The maximum atomic E-state index is 12.5. The van der Waals surface area contributed by atoms with E-state index in [9.17, 15) is 9.59 Å². The molecule has 10 heteroatoms. The molecule has 1 N–H and O–H groups in total. The summed E-state index contributed by atoms with van der Waals surface area (Å²) in [6.45, 7) is 2.43. The van der Waals surface area contributed by atoms with Crippen molar-refractivity contribution in [3.63, 3.8) is 0 Å². The molecule has 0 spiro atoms.